The zero-order valence-corrected chi connectivity index (χ0v) is 17.2. The van der Waals surface area contributed by atoms with Gasteiger partial charge in [0.25, 0.3) is 5.91 Å². The molecule has 7 nitrogen and oxygen atoms in total. The lowest BCUT2D eigenvalue weighted by Crippen LogP contribution is -2.24. The summed E-state index contributed by atoms with van der Waals surface area (Å²) in [5, 5.41) is 0. The molecule has 154 valence electrons. The van der Waals surface area contributed by atoms with E-state index in [9.17, 15) is 9.59 Å². The van der Waals surface area contributed by atoms with Crippen molar-refractivity contribution in [1.29, 1.82) is 0 Å². The minimum absolute atomic E-state index is 0.116. The van der Waals surface area contributed by atoms with Crippen LogP contribution in [-0.4, -0.2) is 51.6 Å². The molecule has 2 rings (SSSR count). The van der Waals surface area contributed by atoms with Gasteiger partial charge in [0.15, 0.2) is 18.1 Å². The lowest BCUT2D eigenvalue weighted by Gasteiger charge is -2.17. The highest BCUT2D eigenvalue weighted by Crippen LogP contribution is 2.28. The summed E-state index contributed by atoms with van der Waals surface area (Å²) < 4.78 is 10.6. The van der Waals surface area contributed by atoms with Gasteiger partial charge in [0, 0.05) is 39.5 Å². The second kappa shape index (κ2) is 10.2. The summed E-state index contributed by atoms with van der Waals surface area (Å²) in [5.41, 5.74) is 8.02. The number of hydrogen-bond acceptors (Lipinski definition) is 5. The molecule has 0 spiro atoms. The molecular formula is C22H27N3O4. The van der Waals surface area contributed by atoms with E-state index in [0.717, 1.165) is 16.8 Å². The van der Waals surface area contributed by atoms with Crippen LogP contribution >= 0.6 is 0 Å². The number of amides is 2. The molecule has 29 heavy (non-hydrogen) atoms. The lowest BCUT2D eigenvalue weighted by atomic mass is 10.1. The molecule has 0 saturated heterocycles. The topological polar surface area (TPSA) is 85.1 Å². The van der Waals surface area contributed by atoms with Gasteiger partial charge in [-0.3, -0.25) is 9.59 Å². The molecular weight excluding hydrogens is 370 g/mol. The molecule has 0 heterocycles. The molecule has 0 unspecified atom stereocenters. The molecule has 2 aromatic carbocycles. The summed E-state index contributed by atoms with van der Waals surface area (Å²) in [7, 11) is 7.23. The zero-order valence-electron chi connectivity index (χ0n) is 17.2. The molecule has 0 fully saturated rings. The number of benzene rings is 2. The van der Waals surface area contributed by atoms with Crippen LogP contribution in [0.2, 0.25) is 0 Å². The molecule has 0 saturated carbocycles. The molecule has 2 amide bonds. The molecule has 0 bridgehead atoms. The number of carbonyl (C=O) groups excluding carboxylic acids is 2. The number of methoxy groups -OCH3 is 1. The lowest BCUT2D eigenvalue weighted by molar-refractivity contribution is -0.125. The minimum Gasteiger partial charge on any atom is -0.493 e. The van der Waals surface area contributed by atoms with Gasteiger partial charge in [-0.2, -0.15) is 0 Å². The van der Waals surface area contributed by atoms with Gasteiger partial charge in [0.2, 0.25) is 5.91 Å². The quantitative estimate of drug-likeness (QED) is 0.657. The van der Waals surface area contributed by atoms with Crippen molar-refractivity contribution in [1.82, 2.24) is 4.90 Å². The Balaban J connectivity index is 2.00. The number of hydrogen-bond donors (Lipinski definition) is 1. The van der Waals surface area contributed by atoms with Gasteiger partial charge in [-0.25, -0.2) is 0 Å². The van der Waals surface area contributed by atoms with Crippen LogP contribution in [0.25, 0.3) is 6.08 Å². The zero-order chi connectivity index (χ0) is 21.4. The van der Waals surface area contributed by atoms with Crippen molar-refractivity contribution in [2.75, 3.05) is 39.8 Å². The SMILES string of the molecule is COc1cc(/C=C/C(=O)N(C)Cc2ccc(N(C)C)cc2)ccc1OCC(N)=O. The summed E-state index contributed by atoms with van der Waals surface area (Å²) >= 11 is 0. The van der Waals surface area contributed by atoms with Crippen LogP contribution in [0, 0.1) is 0 Å². The Bertz CT molecular complexity index is 876. The molecule has 7 heteroatoms. The van der Waals surface area contributed by atoms with Crippen molar-refractivity contribution in [3.63, 3.8) is 0 Å². The average molecular weight is 397 g/mol. The largest absolute Gasteiger partial charge is 0.493 e. The normalized spacial score (nSPS) is 10.6. The predicted molar refractivity (Wildman–Crippen MR) is 114 cm³/mol. The van der Waals surface area contributed by atoms with Crippen molar-refractivity contribution in [3.8, 4) is 11.5 Å². The van der Waals surface area contributed by atoms with E-state index < -0.39 is 5.91 Å². The van der Waals surface area contributed by atoms with Gasteiger partial charge in [-0.1, -0.05) is 18.2 Å². The summed E-state index contributed by atoms with van der Waals surface area (Å²) in [6.45, 7) is 0.282. The summed E-state index contributed by atoms with van der Waals surface area (Å²) in [5.74, 6) is 0.180. The fraction of sp³-hybridized carbons (Fsp3) is 0.273. The van der Waals surface area contributed by atoms with Crippen molar-refractivity contribution in [2.45, 2.75) is 6.54 Å². The highest BCUT2D eigenvalue weighted by Gasteiger charge is 2.08. The molecule has 0 radical (unpaired) electrons. The Morgan fingerprint density at radius 2 is 1.72 bits per heavy atom. The number of nitrogens with zero attached hydrogens (tertiary/aromatic N) is 2. The van der Waals surface area contributed by atoms with E-state index in [0.29, 0.717) is 18.0 Å². The fourth-order valence-electron chi connectivity index (χ4n) is 2.60. The van der Waals surface area contributed by atoms with Gasteiger partial charge < -0.3 is 25.0 Å². The summed E-state index contributed by atoms with van der Waals surface area (Å²) in [6, 6.07) is 13.2. The Morgan fingerprint density at radius 3 is 2.31 bits per heavy atom. The third-order valence-electron chi connectivity index (χ3n) is 4.22. The first-order chi connectivity index (χ1) is 13.8. The Hall–Kier alpha value is -3.48. The van der Waals surface area contributed by atoms with E-state index in [2.05, 4.69) is 0 Å². The summed E-state index contributed by atoms with van der Waals surface area (Å²) in [4.78, 5) is 26.9. The molecule has 0 aliphatic heterocycles. The van der Waals surface area contributed by atoms with E-state index in [1.54, 1.807) is 36.2 Å². The van der Waals surface area contributed by atoms with Crippen molar-refractivity contribution < 1.29 is 19.1 Å². The van der Waals surface area contributed by atoms with Gasteiger partial charge in [-0.15, -0.1) is 0 Å². The molecule has 0 aliphatic rings. The van der Waals surface area contributed by atoms with Gasteiger partial charge >= 0.3 is 0 Å². The first kappa shape index (κ1) is 21.8. The van der Waals surface area contributed by atoms with E-state index in [4.69, 9.17) is 15.2 Å². The van der Waals surface area contributed by atoms with E-state index in [-0.39, 0.29) is 12.5 Å². The van der Waals surface area contributed by atoms with E-state index in [1.807, 2.05) is 43.3 Å². The van der Waals surface area contributed by atoms with Gasteiger partial charge in [0.05, 0.1) is 7.11 Å². The first-order valence-electron chi connectivity index (χ1n) is 9.08. The average Bonchev–Trinajstić information content (AvgIpc) is 2.70. The standard InChI is InChI=1S/C22H27N3O4/c1-24(2)18-9-5-17(6-10-18)14-25(3)22(27)12-8-16-7-11-19(20(13-16)28-4)29-15-21(23)26/h5-13H,14-15H2,1-4H3,(H2,23,26)/b12-8+. The second-order valence-corrected chi connectivity index (χ2v) is 6.75. The molecule has 2 N–H and O–H groups in total. The smallest absolute Gasteiger partial charge is 0.255 e. The van der Waals surface area contributed by atoms with Crippen LogP contribution in [-0.2, 0) is 16.1 Å². The molecule has 0 aromatic heterocycles. The van der Waals surface area contributed by atoms with Crippen LogP contribution in [0.4, 0.5) is 5.69 Å². The second-order valence-electron chi connectivity index (χ2n) is 6.75. The highest BCUT2D eigenvalue weighted by molar-refractivity contribution is 5.91. The Kier molecular flexibility index (Phi) is 7.65. The van der Waals surface area contributed by atoms with Crippen LogP contribution in [0.3, 0.4) is 0 Å². The number of primary amides is 1. The fourth-order valence-corrected chi connectivity index (χ4v) is 2.60. The number of carbonyl (C=O) groups is 2. The molecule has 0 atom stereocenters. The summed E-state index contributed by atoms with van der Waals surface area (Å²) in [6.07, 6.45) is 3.21. The van der Waals surface area contributed by atoms with Crippen molar-refractivity contribution >= 4 is 23.6 Å². The van der Waals surface area contributed by atoms with E-state index >= 15 is 0 Å². The van der Waals surface area contributed by atoms with E-state index in [1.165, 1.54) is 13.2 Å². The predicted octanol–water partition coefficient (Wildman–Crippen LogP) is 2.30. The Morgan fingerprint density at radius 1 is 1.03 bits per heavy atom. The first-order valence-corrected chi connectivity index (χ1v) is 9.08. The monoisotopic (exact) mass is 397 g/mol. The van der Waals surface area contributed by atoms with Crippen LogP contribution in [0.1, 0.15) is 11.1 Å². The highest BCUT2D eigenvalue weighted by atomic mass is 16.5. The van der Waals surface area contributed by atoms with Gasteiger partial charge in [-0.05, 0) is 41.5 Å². The number of likely N-dealkylation sites (N-methyl/N-ethyl adjacent to an activating group) is 1. The number of ether oxygens (including phenoxy) is 2. The minimum atomic E-state index is -0.569. The Labute approximate surface area is 171 Å². The third-order valence-corrected chi connectivity index (χ3v) is 4.22. The van der Waals surface area contributed by atoms with Crippen LogP contribution < -0.4 is 20.1 Å². The van der Waals surface area contributed by atoms with Crippen LogP contribution in [0.15, 0.2) is 48.5 Å². The molecule has 0 aliphatic carbocycles. The maximum atomic E-state index is 12.4. The molecule has 2 aromatic rings. The maximum Gasteiger partial charge on any atom is 0.255 e. The number of anilines is 1. The maximum absolute atomic E-state index is 12.4. The van der Waals surface area contributed by atoms with Crippen molar-refractivity contribution in [3.05, 3.63) is 59.7 Å². The van der Waals surface area contributed by atoms with Gasteiger partial charge in [0.1, 0.15) is 0 Å². The van der Waals surface area contributed by atoms with Crippen molar-refractivity contribution in [2.24, 2.45) is 5.73 Å². The number of rotatable bonds is 9. The van der Waals surface area contributed by atoms with Crippen LogP contribution in [0.5, 0.6) is 11.5 Å². The number of nitrogens with two attached hydrogens (primary N) is 1. The third kappa shape index (κ3) is 6.57.